The number of Topliss-reactive ketones (excluding diaryl/α,β-unsaturated/α-hetero) is 1. The van der Waals surface area contributed by atoms with E-state index in [-0.39, 0.29) is 16.9 Å². The normalized spacial score (nSPS) is 10.7. The molecule has 1 nitrogen and oxygen atoms in total. The average Bonchev–Trinajstić information content (AvgIpc) is 2.08. The second-order valence-corrected chi connectivity index (χ2v) is 4.63. The fourth-order valence-electron chi connectivity index (χ4n) is 1.09. The third-order valence-electron chi connectivity index (χ3n) is 1.73. The summed E-state index contributed by atoms with van der Waals surface area (Å²) in [7, 11) is 0. The molecule has 0 heterocycles. The van der Waals surface area contributed by atoms with Gasteiger partial charge in [-0.3, -0.25) is 4.79 Å². The minimum absolute atomic E-state index is 0.0762. The Balaban J connectivity index is 3.45. The number of benzene rings is 1. The molecule has 0 amide bonds. The van der Waals surface area contributed by atoms with Gasteiger partial charge in [0.15, 0.2) is 5.78 Å². The summed E-state index contributed by atoms with van der Waals surface area (Å²) in [6.07, 6.45) is -2.64. The van der Waals surface area contributed by atoms with Crippen molar-refractivity contribution in [3.05, 3.63) is 31.3 Å². The molecule has 14 heavy (non-hydrogen) atoms. The number of carbonyl (C=O) groups excluding carboxylic acids is 1. The molecule has 76 valence electrons. The molecule has 0 saturated heterocycles. The highest BCUT2D eigenvalue weighted by Gasteiger charge is 2.20. The lowest BCUT2D eigenvalue weighted by molar-refractivity contribution is 0.0998. The highest BCUT2D eigenvalue weighted by atomic mass is 127. The van der Waals surface area contributed by atoms with Crippen LogP contribution < -0.4 is 0 Å². The van der Waals surface area contributed by atoms with Gasteiger partial charge in [0.05, 0.1) is 0 Å². The highest BCUT2D eigenvalue weighted by Crippen LogP contribution is 2.34. The molecule has 0 fully saturated rings. The predicted molar refractivity (Wildman–Crippen MR) is 61.8 cm³/mol. The van der Waals surface area contributed by atoms with Crippen LogP contribution >= 0.6 is 38.5 Å². The Morgan fingerprint density at radius 2 is 2.07 bits per heavy atom. The molecular weight excluding hydrogens is 369 g/mol. The summed E-state index contributed by atoms with van der Waals surface area (Å²) in [5.41, 5.74) is -0.142. The van der Waals surface area contributed by atoms with E-state index in [2.05, 4.69) is 15.9 Å². The zero-order valence-electron chi connectivity index (χ0n) is 7.15. The van der Waals surface area contributed by atoms with Gasteiger partial charge < -0.3 is 0 Å². The molecule has 1 aromatic carbocycles. The van der Waals surface area contributed by atoms with Gasteiger partial charge in [-0.25, -0.2) is 8.78 Å². The monoisotopic (exact) mass is 374 g/mol. The van der Waals surface area contributed by atoms with E-state index >= 15 is 0 Å². The number of rotatable bonds is 2. The zero-order chi connectivity index (χ0) is 10.9. The molecule has 0 radical (unpaired) electrons. The number of hydrogen-bond acceptors (Lipinski definition) is 1. The van der Waals surface area contributed by atoms with Crippen molar-refractivity contribution < 1.29 is 13.6 Å². The summed E-state index contributed by atoms with van der Waals surface area (Å²) in [6.45, 7) is 1.28. The van der Waals surface area contributed by atoms with Gasteiger partial charge in [-0.05, 0) is 57.6 Å². The minimum atomic E-state index is -2.64. The van der Waals surface area contributed by atoms with Gasteiger partial charge in [0.1, 0.15) is 0 Å². The number of carbonyl (C=O) groups is 1. The van der Waals surface area contributed by atoms with E-state index < -0.39 is 6.43 Å². The van der Waals surface area contributed by atoms with E-state index in [0.29, 0.717) is 8.04 Å². The van der Waals surface area contributed by atoms with E-state index in [0.717, 1.165) is 0 Å². The van der Waals surface area contributed by atoms with Gasteiger partial charge in [-0.15, -0.1) is 0 Å². The maximum absolute atomic E-state index is 12.6. The van der Waals surface area contributed by atoms with Crippen LogP contribution in [0.5, 0.6) is 0 Å². The van der Waals surface area contributed by atoms with Crippen molar-refractivity contribution in [2.24, 2.45) is 0 Å². The Hall–Kier alpha value is -0.0400. The lowest BCUT2D eigenvalue weighted by Crippen LogP contribution is -2.02. The second-order valence-electron chi connectivity index (χ2n) is 2.68. The predicted octanol–water partition coefficient (Wildman–Crippen LogP) is 4.19. The maximum Gasteiger partial charge on any atom is 0.265 e. The fourth-order valence-corrected chi connectivity index (χ4v) is 2.08. The lowest BCUT2D eigenvalue weighted by atomic mass is 10.1. The summed E-state index contributed by atoms with van der Waals surface area (Å²) in [5.74, 6) is -0.350. The van der Waals surface area contributed by atoms with Crippen molar-refractivity contribution in [2.45, 2.75) is 13.3 Å². The Labute approximate surface area is 102 Å². The number of alkyl halides is 2. The third-order valence-corrected chi connectivity index (χ3v) is 4.22. The van der Waals surface area contributed by atoms with Crippen molar-refractivity contribution in [1.29, 1.82) is 0 Å². The standard InChI is InChI=1S/C9H6BrF2IO/c1-4(14)5-2-3-6(13)8(10)7(5)9(11)12/h2-3,9H,1H3. The number of hydrogen-bond donors (Lipinski definition) is 0. The molecule has 0 atom stereocenters. The van der Waals surface area contributed by atoms with Gasteiger partial charge in [-0.2, -0.15) is 0 Å². The summed E-state index contributed by atoms with van der Waals surface area (Å²) in [4.78, 5) is 11.1. The van der Waals surface area contributed by atoms with Crippen LogP contribution in [0.4, 0.5) is 8.78 Å². The van der Waals surface area contributed by atoms with Crippen molar-refractivity contribution in [3.63, 3.8) is 0 Å². The molecular formula is C9H6BrF2IO. The highest BCUT2D eigenvalue weighted by molar-refractivity contribution is 14.1. The first kappa shape index (κ1) is 12.0. The molecule has 0 N–H and O–H groups in total. The van der Waals surface area contributed by atoms with Crippen LogP contribution in [-0.2, 0) is 0 Å². The molecule has 0 aliphatic carbocycles. The van der Waals surface area contributed by atoms with Gasteiger partial charge in [-0.1, -0.05) is 0 Å². The van der Waals surface area contributed by atoms with E-state index in [1.165, 1.54) is 13.0 Å². The lowest BCUT2D eigenvalue weighted by Gasteiger charge is -2.09. The molecule has 0 aliphatic rings. The Morgan fingerprint density at radius 3 is 2.50 bits per heavy atom. The van der Waals surface area contributed by atoms with E-state index in [1.54, 1.807) is 6.07 Å². The zero-order valence-corrected chi connectivity index (χ0v) is 10.9. The molecule has 0 unspecified atom stereocenters. The molecule has 5 heteroatoms. The molecule has 1 rings (SSSR count). The van der Waals surface area contributed by atoms with Gasteiger partial charge in [0.2, 0.25) is 0 Å². The van der Waals surface area contributed by atoms with Crippen LogP contribution in [0.15, 0.2) is 16.6 Å². The Bertz CT molecular complexity index is 379. The summed E-state index contributed by atoms with van der Waals surface area (Å²) in [5, 5.41) is 0. The van der Waals surface area contributed by atoms with Crippen molar-refractivity contribution in [1.82, 2.24) is 0 Å². The number of halogens is 4. The fraction of sp³-hybridized carbons (Fsp3) is 0.222. The minimum Gasteiger partial charge on any atom is -0.294 e. The van der Waals surface area contributed by atoms with E-state index in [4.69, 9.17) is 0 Å². The van der Waals surface area contributed by atoms with E-state index in [1.807, 2.05) is 22.6 Å². The maximum atomic E-state index is 12.6. The molecule has 0 aliphatic heterocycles. The molecule has 0 aromatic heterocycles. The molecule has 0 bridgehead atoms. The van der Waals surface area contributed by atoms with Gasteiger partial charge in [0.25, 0.3) is 6.43 Å². The van der Waals surface area contributed by atoms with Crippen molar-refractivity contribution in [2.75, 3.05) is 0 Å². The van der Waals surface area contributed by atoms with E-state index in [9.17, 15) is 13.6 Å². The smallest absolute Gasteiger partial charge is 0.265 e. The summed E-state index contributed by atoms with van der Waals surface area (Å²) < 4.78 is 26.3. The molecule has 1 aromatic rings. The molecule has 0 spiro atoms. The quantitative estimate of drug-likeness (QED) is 0.560. The number of ketones is 1. The van der Waals surface area contributed by atoms with Crippen LogP contribution in [0.25, 0.3) is 0 Å². The summed E-state index contributed by atoms with van der Waals surface area (Å²) >= 11 is 4.99. The van der Waals surface area contributed by atoms with Crippen LogP contribution in [0.2, 0.25) is 0 Å². The Morgan fingerprint density at radius 1 is 1.50 bits per heavy atom. The van der Waals surface area contributed by atoms with Crippen molar-refractivity contribution in [3.8, 4) is 0 Å². The van der Waals surface area contributed by atoms with Crippen LogP contribution in [0.3, 0.4) is 0 Å². The largest absolute Gasteiger partial charge is 0.294 e. The first-order valence-corrected chi connectivity index (χ1v) is 5.59. The van der Waals surface area contributed by atoms with Crippen molar-refractivity contribution >= 4 is 44.3 Å². The Kier molecular flexibility index (Phi) is 4.00. The second kappa shape index (κ2) is 4.65. The first-order chi connectivity index (χ1) is 6.45. The third kappa shape index (κ3) is 2.31. The van der Waals surface area contributed by atoms with Crippen LogP contribution in [-0.4, -0.2) is 5.78 Å². The van der Waals surface area contributed by atoms with Gasteiger partial charge >= 0.3 is 0 Å². The van der Waals surface area contributed by atoms with Gasteiger partial charge in [0, 0.05) is 19.2 Å². The summed E-state index contributed by atoms with van der Waals surface area (Å²) in [6, 6.07) is 3.06. The molecule has 0 saturated carbocycles. The van der Waals surface area contributed by atoms with Crippen LogP contribution in [0.1, 0.15) is 29.3 Å². The SMILES string of the molecule is CC(=O)c1ccc(I)c(Br)c1C(F)F. The van der Waals surface area contributed by atoms with Crippen LogP contribution in [0, 0.1) is 3.57 Å². The topological polar surface area (TPSA) is 17.1 Å². The first-order valence-electron chi connectivity index (χ1n) is 3.72. The average molecular weight is 375 g/mol.